The van der Waals surface area contributed by atoms with Crippen LogP contribution in [0.5, 0.6) is 0 Å². The molecule has 2 amide bonds. The molecule has 31 heavy (non-hydrogen) atoms. The maximum atomic E-state index is 13.2. The van der Waals surface area contributed by atoms with Crippen molar-refractivity contribution in [2.45, 2.75) is 45.8 Å². The second kappa shape index (κ2) is 9.25. The lowest BCUT2D eigenvalue weighted by molar-refractivity contribution is -0.143. The fraction of sp³-hybridized carbons (Fsp3) is 0.360. The molecule has 1 atom stereocenters. The molecule has 2 heterocycles. The number of rotatable bonds is 6. The number of nitrogens with zero attached hydrogens (tertiary/aromatic N) is 2. The van der Waals surface area contributed by atoms with Crippen molar-refractivity contribution >= 4 is 22.9 Å². The SMILES string of the molecule is CCOC(=O)C[C@@H](NC(=O)N1CCc2cn(CC)c3cccc(c23)C1)c1ccccc1. The topological polar surface area (TPSA) is 63.6 Å². The van der Waals surface area contributed by atoms with E-state index in [-0.39, 0.29) is 18.4 Å². The van der Waals surface area contributed by atoms with Crippen LogP contribution in [0, 0.1) is 0 Å². The van der Waals surface area contributed by atoms with Crippen molar-refractivity contribution in [3.63, 3.8) is 0 Å². The van der Waals surface area contributed by atoms with Crippen LogP contribution in [0.4, 0.5) is 4.79 Å². The van der Waals surface area contributed by atoms with Gasteiger partial charge < -0.3 is 19.5 Å². The van der Waals surface area contributed by atoms with E-state index >= 15 is 0 Å². The van der Waals surface area contributed by atoms with E-state index in [4.69, 9.17) is 4.74 Å². The Labute approximate surface area is 182 Å². The molecule has 0 saturated heterocycles. The lowest BCUT2D eigenvalue weighted by Crippen LogP contribution is -2.42. The van der Waals surface area contributed by atoms with E-state index in [9.17, 15) is 9.59 Å². The van der Waals surface area contributed by atoms with Crippen LogP contribution in [-0.2, 0) is 29.0 Å². The first-order valence-electron chi connectivity index (χ1n) is 11.0. The average molecular weight is 420 g/mol. The van der Waals surface area contributed by atoms with Gasteiger partial charge in [0, 0.05) is 36.7 Å². The lowest BCUT2D eigenvalue weighted by atomic mass is 10.0. The van der Waals surface area contributed by atoms with Crippen molar-refractivity contribution < 1.29 is 14.3 Å². The molecule has 2 aromatic carbocycles. The first-order valence-corrected chi connectivity index (χ1v) is 11.0. The molecule has 3 aromatic rings. The van der Waals surface area contributed by atoms with Gasteiger partial charge in [-0.1, -0.05) is 42.5 Å². The smallest absolute Gasteiger partial charge is 0.318 e. The Bertz CT molecular complexity index is 1070. The molecule has 6 nitrogen and oxygen atoms in total. The Kier molecular flexibility index (Phi) is 6.26. The summed E-state index contributed by atoms with van der Waals surface area (Å²) in [6, 6.07) is 15.3. The zero-order valence-corrected chi connectivity index (χ0v) is 18.1. The third kappa shape index (κ3) is 4.43. The van der Waals surface area contributed by atoms with Gasteiger partial charge in [0.15, 0.2) is 0 Å². The summed E-state index contributed by atoms with van der Waals surface area (Å²) in [7, 11) is 0. The first kappa shape index (κ1) is 21.0. The molecule has 1 aromatic heterocycles. The molecule has 4 rings (SSSR count). The highest BCUT2D eigenvalue weighted by atomic mass is 16.5. The number of aromatic nitrogens is 1. The summed E-state index contributed by atoms with van der Waals surface area (Å²) < 4.78 is 7.40. The maximum absolute atomic E-state index is 13.2. The number of aryl methyl sites for hydroxylation is 1. The van der Waals surface area contributed by atoms with Crippen molar-refractivity contribution in [1.29, 1.82) is 0 Å². The van der Waals surface area contributed by atoms with Gasteiger partial charge in [0.2, 0.25) is 0 Å². The molecule has 0 radical (unpaired) electrons. The predicted octanol–water partition coefficient (Wildman–Crippen LogP) is 4.42. The number of nitrogens with one attached hydrogen (secondary N) is 1. The molecular weight excluding hydrogens is 390 g/mol. The number of urea groups is 1. The van der Waals surface area contributed by atoms with E-state index in [1.807, 2.05) is 35.2 Å². The van der Waals surface area contributed by atoms with Gasteiger partial charge in [0.05, 0.1) is 19.1 Å². The van der Waals surface area contributed by atoms with Crippen molar-refractivity contribution in [3.8, 4) is 0 Å². The van der Waals surface area contributed by atoms with Crippen molar-refractivity contribution in [2.24, 2.45) is 0 Å². The maximum Gasteiger partial charge on any atom is 0.318 e. The van der Waals surface area contributed by atoms with Crippen molar-refractivity contribution in [3.05, 3.63) is 71.4 Å². The molecule has 1 aliphatic rings. The fourth-order valence-corrected chi connectivity index (χ4v) is 4.38. The Balaban J connectivity index is 1.55. The summed E-state index contributed by atoms with van der Waals surface area (Å²) in [5.74, 6) is -0.318. The molecule has 0 aliphatic carbocycles. The summed E-state index contributed by atoms with van der Waals surface area (Å²) in [6.45, 7) is 6.36. The molecule has 1 N–H and O–H groups in total. The first-order chi connectivity index (χ1) is 15.1. The highest BCUT2D eigenvalue weighted by Gasteiger charge is 2.25. The molecule has 0 bridgehead atoms. The summed E-state index contributed by atoms with van der Waals surface area (Å²) in [5.41, 5.74) is 4.56. The number of amides is 2. The van der Waals surface area contributed by atoms with E-state index in [0.717, 1.165) is 24.1 Å². The number of carbonyl (C=O) groups is 2. The zero-order chi connectivity index (χ0) is 21.8. The molecule has 0 fully saturated rings. The zero-order valence-electron chi connectivity index (χ0n) is 18.1. The average Bonchev–Trinajstić information content (AvgIpc) is 3.04. The molecule has 162 valence electrons. The molecule has 6 heteroatoms. The number of hydrogen-bond acceptors (Lipinski definition) is 3. The fourth-order valence-electron chi connectivity index (χ4n) is 4.38. The van der Waals surface area contributed by atoms with Gasteiger partial charge >= 0.3 is 12.0 Å². The minimum Gasteiger partial charge on any atom is -0.466 e. The second-order valence-corrected chi connectivity index (χ2v) is 7.85. The van der Waals surface area contributed by atoms with E-state index in [1.54, 1.807) is 6.92 Å². The Hall–Kier alpha value is -3.28. The predicted molar refractivity (Wildman–Crippen MR) is 121 cm³/mol. The molecular formula is C25H29N3O3. The molecule has 1 aliphatic heterocycles. The van der Waals surface area contributed by atoms with Gasteiger partial charge in [-0.05, 0) is 43.0 Å². The van der Waals surface area contributed by atoms with E-state index in [0.29, 0.717) is 19.7 Å². The standard InChI is InChI=1S/C25H29N3O3/c1-3-27-16-20-13-14-28(17-19-11-8-12-22(27)24(19)20)25(30)26-21(15-23(29)31-4-2)18-9-6-5-7-10-18/h5-12,16,21H,3-4,13-15,17H2,1-2H3,(H,26,30)/t21-/m1/s1. The third-order valence-electron chi connectivity index (χ3n) is 5.89. The largest absolute Gasteiger partial charge is 0.466 e. The van der Waals surface area contributed by atoms with Crippen molar-refractivity contribution in [1.82, 2.24) is 14.8 Å². The summed E-state index contributed by atoms with van der Waals surface area (Å²) in [4.78, 5) is 27.2. The van der Waals surface area contributed by atoms with Gasteiger partial charge in [-0.25, -0.2) is 4.79 Å². The van der Waals surface area contributed by atoms with Gasteiger partial charge in [0.25, 0.3) is 0 Å². The number of hydrogen-bond donors (Lipinski definition) is 1. The third-order valence-corrected chi connectivity index (χ3v) is 5.89. The van der Waals surface area contributed by atoms with Crippen LogP contribution in [0.2, 0.25) is 0 Å². The van der Waals surface area contributed by atoms with Crippen LogP contribution in [0.25, 0.3) is 10.9 Å². The van der Waals surface area contributed by atoms with Gasteiger partial charge in [-0.2, -0.15) is 0 Å². The van der Waals surface area contributed by atoms with Gasteiger partial charge in [-0.3, -0.25) is 4.79 Å². The highest BCUT2D eigenvalue weighted by molar-refractivity contribution is 5.88. The van der Waals surface area contributed by atoms with Crippen LogP contribution in [0.15, 0.2) is 54.7 Å². The van der Waals surface area contributed by atoms with Crippen LogP contribution in [0.3, 0.4) is 0 Å². The lowest BCUT2D eigenvalue weighted by Gasteiger charge is -2.26. The quantitative estimate of drug-likeness (QED) is 0.602. The Morgan fingerprint density at radius 2 is 1.87 bits per heavy atom. The van der Waals surface area contributed by atoms with Crippen LogP contribution in [0.1, 0.15) is 43.0 Å². The molecule has 0 saturated carbocycles. The summed E-state index contributed by atoms with van der Waals surface area (Å²) in [5, 5.41) is 4.34. The van der Waals surface area contributed by atoms with Crippen LogP contribution in [-0.4, -0.2) is 34.6 Å². The normalized spacial score (nSPS) is 14.2. The van der Waals surface area contributed by atoms with Gasteiger partial charge in [-0.15, -0.1) is 0 Å². The summed E-state index contributed by atoms with van der Waals surface area (Å²) >= 11 is 0. The molecule has 0 unspecified atom stereocenters. The number of ether oxygens (including phenoxy) is 1. The van der Waals surface area contributed by atoms with Crippen LogP contribution >= 0.6 is 0 Å². The Morgan fingerprint density at radius 3 is 2.61 bits per heavy atom. The Morgan fingerprint density at radius 1 is 1.06 bits per heavy atom. The molecule has 0 spiro atoms. The number of carbonyl (C=O) groups excluding carboxylic acids is 2. The number of esters is 1. The van der Waals surface area contributed by atoms with E-state index in [1.165, 1.54) is 16.5 Å². The highest BCUT2D eigenvalue weighted by Crippen LogP contribution is 2.30. The minimum absolute atomic E-state index is 0.106. The van der Waals surface area contributed by atoms with E-state index < -0.39 is 6.04 Å². The monoisotopic (exact) mass is 419 g/mol. The van der Waals surface area contributed by atoms with Crippen LogP contribution < -0.4 is 5.32 Å². The minimum atomic E-state index is -0.430. The second-order valence-electron chi connectivity index (χ2n) is 7.85. The number of benzene rings is 2. The van der Waals surface area contributed by atoms with Gasteiger partial charge in [0.1, 0.15) is 0 Å². The summed E-state index contributed by atoms with van der Waals surface area (Å²) in [6.07, 6.45) is 3.12. The van der Waals surface area contributed by atoms with Crippen molar-refractivity contribution in [2.75, 3.05) is 13.2 Å². The van der Waals surface area contributed by atoms with E-state index in [2.05, 4.69) is 41.2 Å².